The Hall–Kier alpha value is -4.04. The van der Waals surface area contributed by atoms with Crippen molar-refractivity contribution < 1.29 is 0 Å². The first kappa shape index (κ1) is 17.8. The second-order valence-corrected chi connectivity index (χ2v) is 6.03. The van der Waals surface area contributed by atoms with Crippen LogP contribution >= 0.6 is 0 Å². The summed E-state index contributed by atoms with van der Waals surface area (Å²) in [6.45, 7) is 3.15. The smallest absolute Gasteiger partial charge is 0.296 e. The van der Waals surface area contributed by atoms with Gasteiger partial charge in [0, 0.05) is 7.05 Å². The number of rotatable bonds is 2. The number of pyridine rings is 1. The lowest BCUT2D eigenvalue weighted by Crippen LogP contribution is -2.31. The van der Waals surface area contributed by atoms with Crippen LogP contribution in [-0.4, -0.2) is 13.9 Å². The average molecular weight is 360 g/mol. The lowest BCUT2D eigenvalue weighted by molar-refractivity contribution is 0.630. The van der Waals surface area contributed by atoms with Gasteiger partial charge in [-0.3, -0.25) is 18.8 Å². The Morgan fingerprint density at radius 2 is 1.56 bits per heavy atom. The number of para-hydroxylation sites is 1. The SMILES string of the molecule is Cc1c(C#N)c(N)n(-c2c(C)n(C)n(-c3ccccc3)c2=O)c(=O)c1C#N. The third-order valence-corrected chi connectivity index (χ3v) is 4.64. The molecule has 8 nitrogen and oxygen atoms in total. The van der Waals surface area contributed by atoms with Crippen molar-refractivity contribution in [2.24, 2.45) is 7.05 Å². The summed E-state index contributed by atoms with van der Waals surface area (Å²) in [6, 6.07) is 12.6. The maximum atomic E-state index is 13.2. The Labute approximate surface area is 154 Å². The molecular formula is C19H16N6O2. The van der Waals surface area contributed by atoms with E-state index < -0.39 is 11.1 Å². The van der Waals surface area contributed by atoms with Gasteiger partial charge in [0.1, 0.15) is 29.2 Å². The second-order valence-electron chi connectivity index (χ2n) is 6.03. The standard InChI is InChI=1S/C19H16N6O2/c1-11-14(9-20)17(22)24(18(26)15(11)10-21)16-12(2)23(3)25(19(16)27)13-7-5-4-6-8-13/h4-8H,22H2,1-3H3. The van der Waals surface area contributed by atoms with E-state index in [9.17, 15) is 20.1 Å². The van der Waals surface area contributed by atoms with Crippen molar-refractivity contribution in [3.8, 4) is 23.5 Å². The number of anilines is 1. The Bertz CT molecular complexity index is 1260. The third-order valence-electron chi connectivity index (χ3n) is 4.64. The van der Waals surface area contributed by atoms with Crippen molar-refractivity contribution in [3.05, 3.63) is 73.4 Å². The number of aromatic nitrogens is 3. The van der Waals surface area contributed by atoms with Gasteiger partial charge in [-0.05, 0) is 31.5 Å². The van der Waals surface area contributed by atoms with E-state index in [0.717, 1.165) is 4.57 Å². The molecule has 0 aliphatic carbocycles. The lowest BCUT2D eigenvalue weighted by Gasteiger charge is -2.12. The predicted octanol–water partition coefficient (Wildman–Crippen LogP) is 1.27. The zero-order valence-corrected chi connectivity index (χ0v) is 15.0. The van der Waals surface area contributed by atoms with Crippen LogP contribution in [0.5, 0.6) is 0 Å². The summed E-state index contributed by atoms with van der Waals surface area (Å²) >= 11 is 0. The number of nitrogens with zero attached hydrogens (tertiary/aromatic N) is 5. The molecular weight excluding hydrogens is 344 g/mol. The Kier molecular flexibility index (Phi) is 4.18. The molecule has 2 N–H and O–H groups in total. The van der Waals surface area contributed by atoms with Gasteiger partial charge < -0.3 is 5.73 Å². The van der Waals surface area contributed by atoms with E-state index in [4.69, 9.17) is 5.73 Å². The molecule has 0 saturated heterocycles. The van der Waals surface area contributed by atoms with Crippen molar-refractivity contribution in [1.82, 2.24) is 13.9 Å². The maximum Gasteiger partial charge on any atom is 0.296 e. The zero-order valence-electron chi connectivity index (χ0n) is 15.0. The molecule has 3 aromatic rings. The van der Waals surface area contributed by atoms with Crippen LogP contribution in [0.25, 0.3) is 11.4 Å². The van der Waals surface area contributed by atoms with Crippen molar-refractivity contribution in [2.75, 3.05) is 5.73 Å². The number of nitrogens with two attached hydrogens (primary N) is 1. The highest BCUT2D eigenvalue weighted by molar-refractivity contribution is 5.62. The molecule has 0 fully saturated rings. The monoisotopic (exact) mass is 360 g/mol. The summed E-state index contributed by atoms with van der Waals surface area (Å²) in [5.41, 5.74) is 5.94. The van der Waals surface area contributed by atoms with Gasteiger partial charge in [0.05, 0.1) is 16.9 Å². The van der Waals surface area contributed by atoms with Crippen LogP contribution in [0.2, 0.25) is 0 Å². The topological polar surface area (TPSA) is 123 Å². The van der Waals surface area contributed by atoms with Gasteiger partial charge in [0.15, 0.2) is 0 Å². The number of hydrogen-bond donors (Lipinski definition) is 1. The molecule has 0 radical (unpaired) electrons. The Morgan fingerprint density at radius 3 is 2.11 bits per heavy atom. The Morgan fingerprint density at radius 1 is 0.963 bits per heavy atom. The minimum Gasteiger partial charge on any atom is -0.384 e. The minimum absolute atomic E-state index is 0.0000594. The first-order chi connectivity index (χ1) is 12.8. The molecule has 0 bridgehead atoms. The highest BCUT2D eigenvalue weighted by Gasteiger charge is 2.25. The van der Waals surface area contributed by atoms with E-state index in [-0.39, 0.29) is 28.2 Å². The quantitative estimate of drug-likeness (QED) is 0.737. The molecule has 3 rings (SSSR count). The van der Waals surface area contributed by atoms with Gasteiger partial charge in [0.2, 0.25) is 0 Å². The van der Waals surface area contributed by atoms with Crippen molar-refractivity contribution in [2.45, 2.75) is 13.8 Å². The molecule has 8 heteroatoms. The minimum atomic E-state index is -0.725. The van der Waals surface area contributed by atoms with Crippen molar-refractivity contribution >= 4 is 5.82 Å². The maximum absolute atomic E-state index is 13.2. The molecule has 2 aromatic heterocycles. The molecule has 1 aromatic carbocycles. The molecule has 0 spiro atoms. The van der Waals surface area contributed by atoms with Gasteiger partial charge in [0.25, 0.3) is 11.1 Å². The van der Waals surface area contributed by atoms with Gasteiger partial charge >= 0.3 is 0 Å². The Balaban J connectivity index is 2.49. The van der Waals surface area contributed by atoms with Crippen LogP contribution in [-0.2, 0) is 7.05 Å². The number of nitriles is 2. The normalized spacial score (nSPS) is 10.4. The molecule has 0 saturated carbocycles. The van der Waals surface area contributed by atoms with E-state index in [1.54, 1.807) is 42.9 Å². The van der Waals surface area contributed by atoms with Crippen LogP contribution in [0, 0.1) is 36.5 Å². The lowest BCUT2D eigenvalue weighted by atomic mass is 10.1. The molecule has 0 aliphatic heterocycles. The first-order valence-electron chi connectivity index (χ1n) is 8.04. The molecule has 0 aliphatic rings. The van der Waals surface area contributed by atoms with Gasteiger partial charge in [-0.1, -0.05) is 18.2 Å². The van der Waals surface area contributed by atoms with Gasteiger partial charge in [-0.15, -0.1) is 0 Å². The molecule has 0 amide bonds. The molecule has 0 unspecified atom stereocenters. The summed E-state index contributed by atoms with van der Waals surface area (Å²) < 4.78 is 3.95. The number of nitrogen functional groups attached to an aromatic ring is 1. The first-order valence-corrected chi connectivity index (χ1v) is 8.04. The summed E-state index contributed by atoms with van der Waals surface area (Å²) in [5, 5.41) is 18.8. The zero-order chi connectivity index (χ0) is 19.9. The van der Waals surface area contributed by atoms with Crippen molar-refractivity contribution in [3.63, 3.8) is 0 Å². The van der Waals surface area contributed by atoms with Crippen molar-refractivity contribution in [1.29, 1.82) is 10.5 Å². The van der Waals surface area contributed by atoms with E-state index >= 15 is 0 Å². The highest BCUT2D eigenvalue weighted by atomic mass is 16.1. The third kappa shape index (κ3) is 2.43. The highest BCUT2D eigenvalue weighted by Crippen LogP contribution is 2.21. The van der Waals surface area contributed by atoms with Gasteiger partial charge in [-0.2, -0.15) is 10.5 Å². The predicted molar refractivity (Wildman–Crippen MR) is 99.9 cm³/mol. The van der Waals surface area contributed by atoms with Crippen LogP contribution in [0.1, 0.15) is 22.4 Å². The van der Waals surface area contributed by atoms with Crippen LogP contribution in [0.4, 0.5) is 5.82 Å². The van der Waals surface area contributed by atoms with E-state index in [2.05, 4.69) is 0 Å². The molecule has 134 valence electrons. The molecule has 0 atom stereocenters. The van der Waals surface area contributed by atoms with Crippen LogP contribution in [0.3, 0.4) is 0 Å². The second kappa shape index (κ2) is 6.36. The average Bonchev–Trinajstić information content (AvgIpc) is 2.87. The molecule has 2 heterocycles. The van der Waals surface area contributed by atoms with E-state index in [1.165, 1.54) is 11.6 Å². The van der Waals surface area contributed by atoms with E-state index in [1.807, 2.05) is 18.2 Å². The fourth-order valence-electron chi connectivity index (χ4n) is 3.12. The van der Waals surface area contributed by atoms with Gasteiger partial charge in [-0.25, -0.2) is 4.68 Å². The van der Waals surface area contributed by atoms with Crippen LogP contribution < -0.4 is 16.9 Å². The van der Waals surface area contributed by atoms with Crippen LogP contribution in [0.15, 0.2) is 39.9 Å². The molecule has 27 heavy (non-hydrogen) atoms. The summed E-state index contributed by atoms with van der Waals surface area (Å²) in [5.74, 6) is -0.162. The fourth-order valence-corrected chi connectivity index (χ4v) is 3.12. The van der Waals surface area contributed by atoms with E-state index in [0.29, 0.717) is 11.4 Å². The largest absolute Gasteiger partial charge is 0.384 e. The summed E-state index contributed by atoms with van der Waals surface area (Å²) in [4.78, 5) is 26.0. The number of hydrogen-bond acceptors (Lipinski definition) is 5. The summed E-state index contributed by atoms with van der Waals surface area (Å²) in [6.07, 6.45) is 0. The summed E-state index contributed by atoms with van der Waals surface area (Å²) in [7, 11) is 1.68. The number of benzene rings is 1. The fraction of sp³-hybridized carbons (Fsp3) is 0.158.